The van der Waals surface area contributed by atoms with Crippen LogP contribution in [0.2, 0.25) is 0 Å². The van der Waals surface area contributed by atoms with Crippen molar-refractivity contribution in [1.82, 2.24) is 10.2 Å². The Morgan fingerprint density at radius 1 is 0.870 bits per heavy atom. The maximum absolute atomic E-state index is 12.3. The number of aromatic amines is 1. The van der Waals surface area contributed by atoms with E-state index in [-0.39, 0.29) is 11.4 Å². The topological polar surface area (TPSA) is 95.4 Å². The summed E-state index contributed by atoms with van der Waals surface area (Å²) in [5.41, 5.74) is 9.14. The van der Waals surface area contributed by atoms with Gasteiger partial charge >= 0.3 is 5.97 Å². The van der Waals surface area contributed by atoms with Crippen LogP contribution in [-0.4, -0.2) is 33.0 Å². The monoisotopic (exact) mass is 622 g/mol. The molecule has 0 aliphatic heterocycles. The zero-order valence-corrected chi connectivity index (χ0v) is 27.8. The summed E-state index contributed by atoms with van der Waals surface area (Å²) in [7, 11) is 0. The number of rotatable bonds is 2. The van der Waals surface area contributed by atoms with Crippen molar-refractivity contribution >= 4 is 5.97 Å². The molecule has 0 radical (unpaired) electrons. The summed E-state index contributed by atoms with van der Waals surface area (Å²) in [6.45, 7) is 7.09. The van der Waals surface area contributed by atoms with E-state index in [1.54, 1.807) is 5.56 Å². The number of aryl methyl sites for hydroxylation is 2. The van der Waals surface area contributed by atoms with E-state index < -0.39 is 0 Å². The first-order valence-electron chi connectivity index (χ1n) is 18.1. The number of fused-ring (bicyclic) bond motifs is 12. The smallest absolute Gasteiger partial charge is 0.359 e. The number of carbonyl (C=O) groups is 1. The Morgan fingerprint density at radius 2 is 1.50 bits per heavy atom. The molecule has 0 saturated heterocycles. The summed E-state index contributed by atoms with van der Waals surface area (Å²) in [4.78, 5) is 12.3. The van der Waals surface area contributed by atoms with Gasteiger partial charge < -0.3 is 14.9 Å². The van der Waals surface area contributed by atoms with Crippen LogP contribution in [0, 0.1) is 29.1 Å². The molecule has 3 aromatic rings. The van der Waals surface area contributed by atoms with Crippen LogP contribution in [0.4, 0.5) is 0 Å². The fourth-order valence-corrected chi connectivity index (χ4v) is 11.8. The molecule has 6 nitrogen and oxygen atoms in total. The van der Waals surface area contributed by atoms with Gasteiger partial charge in [0.25, 0.3) is 0 Å². The molecule has 6 aliphatic carbocycles. The number of esters is 1. The number of aromatic hydroxyl groups is 2. The Hall–Kier alpha value is -3.28. The summed E-state index contributed by atoms with van der Waals surface area (Å²) >= 11 is 0. The molecule has 6 heteroatoms. The van der Waals surface area contributed by atoms with Crippen LogP contribution < -0.4 is 0 Å². The number of hydrogen-bond acceptors (Lipinski definition) is 5. The molecule has 1 aromatic heterocycles. The zero-order valence-electron chi connectivity index (χ0n) is 27.8. The highest BCUT2D eigenvalue weighted by Gasteiger charge is 2.55. The second-order valence-electron chi connectivity index (χ2n) is 16.0. The van der Waals surface area contributed by atoms with Crippen LogP contribution in [-0.2, 0) is 29.4 Å². The van der Waals surface area contributed by atoms with E-state index in [1.807, 2.05) is 31.2 Å². The molecule has 0 spiro atoms. The highest BCUT2D eigenvalue weighted by Crippen LogP contribution is 2.62. The molecule has 3 saturated carbocycles. The number of hydrogen-bond donors (Lipinski definition) is 3. The predicted octanol–water partition coefficient (Wildman–Crippen LogP) is 8.50. The Bertz CT molecular complexity index is 1660. The van der Waals surface area contributed by atoms with Crippen molar-refractivity contribution in [3.8, 4) is 11.5 Å². The van der Waals surface area contributed by atoms with Gasteiger partial charge in [-0.25, -0.2) is 4.79 Å². The summed E-state index contributed by atoms with van der Waals surface area (Å²) in [5, 5.41) is 27.0. The van der Waals surface area contributed by atoms with Crippen LogP contribution in [0.25, 0.3) is 0 Å². The Labute approximate surface area is 273 Å². The predicted molar refractivity (Wildman–Crippen MR) is 178 cm³/mol. The molecule has 9 rings (SSSR count). The fraction of sp³-hybridized carbons (Fsp3) is 0.600. The van der Waals surface area contributed by atoms with E-state index in [9.17, 15) is 15.0 Å². The first-order valence-corrected chi connectivity index (χ1v) is 18.1. The van der Waals surface area contributed by atoms with Crippen molar-refractivity contribution in [2.45, 2.75) is 115 Å². The Balaban J connectivity index is 0.000000144. The van der Waals surface area contributed by atoms with Gasteiger partial charge in [0, 0.05) is 16.7 Å². The average molecular weight is 623 g/mol. The minimum absolute atomic E-state index is 0.0582. The second kappa shape index (κ2) is 11.2. The number of phenolic OH excluding ortho intramolecular Hbond substituents is 2. The summed E-state index contributed by atoms with van der Waals surface area (Å²) in [6.07, 6.45) is 15.0. The number of phenols is 2. The molecule has 3 fully saturated rings. The molecule has 244 valence electrons. The lowest BCUT2D eigenvalue weighted by Crippen LogP contribution is -2.43. The van der Waals surface area contributed by atoms with Gasteiger partial charge in [-0.05, 0) is 165 Å². The molecule has 2 aromatic carbocycles. The normalized spacial score (nSPS) is 34.8. The zero-order chi connectivity index (χ0) is 31.8. The van der Waals surface area contributed by atoms with Gasteiger partial charge in [-0.1, -0.05) is 32.4 Å². The largest absolute Gasteiger partial charge is 0.508 e. The van der Waals surface area contributed by atoms with Crippen molar-refractivity contribution in [2.24, 2.45) is 29.1 Å². The number of benzene rings is 2. The van der Waals surface area contributed by atoms with E-state index in [2.05, 4.69) is 36.2 Å². The fourth-order valence-electron chi connectivity index (χ4n) is 11.8. The van der Waals surface area contributed by atoms with Crippen LogP contribution in [0.15, 0.2) is 36.4 Å². The third kappa shape index (κ3) is 4.64. The minimum Gasteiger partial charge on any atom is -0.508 e. The molecular formula is C40H50N2O4. The maximum Gasteiger partial charge on any atom is 0.359 e. The Kier molecular flexibility index (Phi) is 7.30. The van der Waals surface area contributed by atoms with Gasteiger partial charge in [-0.2, -0.15) is 5.10 Å². The van der Waals surface area contributed by atoms with E-state index >= 15 is 0 Å². The van der Waals surface area contributed by atoms with Gasteiger partial charge in [0.05, 0.1) is 6.61 Å². The minimum atomic E-state index is -0.307. The summed E-state index contributed by atoms with van der Waals surface area (Å²) in [6, 6.07) is 12.0. The van der Waals surface area contributed by atoms with Crippen molar-refractivity contribution < 1.29 is 19.7 Å². The lowest BCUT2D eigenvalue weighted by Gasteiger charge is -2.49. The summed E-state index contributed by atoms with van der Waals surface area (Å²) in [5.74, 6) is 4.85. The second-order valence-corrected chi connectivity index (χ2v) is 16.0. The molecule has 0 amide bonds. The molecular weight excluding hydrogens is 572 g/mol. The summed E-state index contributed by atoms with van der Waals surface area (Å²) < 4.78 is 5.22. The number of nitrogens with one attached hydrogen (secondary N) is 1. The number of aromatic nitrogens is 2. The first kappa shape index (κ1) is 30.1. The van der Waals surface area contributed by atoms with Crippen molar-refractivity contribution in [3.05, 3.63) is 75.6 Å². The SMILES string of the molecule is CCOC(=O)c1n[nH]c2c1CC1C3CCc4cc(O)ccc4C3CC[C@]21C.C[C@@]12CCCC1C1CCc3cc(O)ccc3C1CC2. The Morgan fingerprint density at radius 3 is 2.15 bits per heavy atom. The van der Waals surface area contributed by atoms with Gasteiger partial charge in [-0.15, -0.1) is 0 Å². The van der Waals surface area contributed by atoms with Gasteiger partial charge in [0.2, 0.25) is 0 Å². The van der Waals surface area contributed by atoms with E-state index in [1.165, 1.54) is 61.6 Å². The third-order valence-corrected chi connectivity index (χ3v) is 13.9. The van der Waals surface area contributed by atoms with Crippen molar-refractivity contribution in [2.75, 3.05) is 6.61 Å². The van der Waals surface area contributed by atoms with Crippen LogP contribution in [0.1, 0.15) is 134 Å². The van der Waals surface area contributed by atoms with Gasteiger partial charge in [-0.3, -0.25) is 5.10 Å². The lowest BCUT2D eigenvalue weighted by molar-refractivity contribution is 0.0516. The standard InChI is InChI=1S/C22H26N2O3.C18H24O/c1-3-27-21(26)19-17-11-18-16-6-4-12-10-13(25)5-7-14(12)15(16)8-9-22(18,2)20(17)24-23-19;1-18-9-2-3-17(18)16-6-4-12-11-13(19)5-7-14(12)15(16)8-10-18/h5,7,10,15-16,18,25H,3-4,6,8-9,11H2,1-2H3,(H,23,24);5,7,11,15-17,19H,2-4,6,8-10H2,1H3/t15?,16?,18?,22-;15?,16?,17?,18-/m00/s1. The quantitative estimate of drug-likeness (QED) is 0.249. The maximum atomic E-state index is 12.3. The molecule has 1 heterocycles. The van der Waals surface area contributed by atoms with Crippen LogP contribution in [0.5, 0.6) is 11.5 Å². The molecule has 3 N–H and O–H groups in total. The van der Waals surface area contributed by atoms with E-state index in [0.29, 0.717) is 47.0 Å². The van der Waals surface area contributed by atoms with Crippen molar-refractivity contribution in [3.63, 3.8) is 0 Å². The molecule has 46 heavy (non-hydrogen) atoms. The third-order valence-electron chi connectivity index (χ3n) is 13.9. The van der Waals surface area contributed by atoms with Crippen LogP contribution in [0.3, 0.4) is 0 Å². The number of carbonyl (C=O) groups excluding carboxylic acids is 1. The van der Waals surface area contributed by atoms with E-state index in [0.717, 1.165) is 61.1 Å². The average Bonchev–Trinajstić information content (AvgIpc) is 3.73. The molecule has 0 bridgehead atoms. The van der Waals surface area contributed by atoms with Gasteiger partial charge in [0.1, 0.15) is 11.5 Å². The molecule has 8 atom stereocenters. The number of ether oxygens (including phenoxy) is 1. The van der Waals surface area contributed by atoms with Crippen molar-refractivity contribution in [1.29, 1.82) is 0 Å². The number of nitrogens with zero attached hydrogens (tertiary/aromatic N) is 1. The van der Waals surface area contributed by atoms with Gasteiger partial charge in [0.15, 0.2) is 5.69 Å². The highest BCUT2D eigenvalue weighted by atomic mass is 16.5. The highest BCUT2D eigenvalue weighted by molar-refractivity contribution is 5.89. The molecule has 6 aliphatic rings. The number of H-pyrrole nitrogens is 1. The first-order chi connectivity index (χ1) is 22.2. The van der Waals surface area contributed by atoms with E-state index in [4.69, 9.17) is 4.74 Å². The molecule has 6 unspecified atom stereocenters. The van der Waals surface area contributed by atoms with Crippen LogP contribution >= 0.6 is 0 Å². The lowest BCUT2D eigenvalue weighted by atomic mass is 9.55.